The summed E-state index contributed by atoms with van der Waals surface area (Å²) in [6.45, 7) is 6.83. The molecule has 9 nitrogen and oxygen atoms in total. The highest BCUT2D eigenvalue weighted by atomic mass is 31.2. The van der Waals surface area contributed by atoms with E-state index in [1.807, 2.05) is 33.3 Å². The highest BCUT2D eigenvalue weighted by Gasteiger charge is 2.27. The number of hydrogen-bond donors (Lipinski definition) is 1. The topological polar surface area (TPSA) is 114 Å². The average Bonchev–Trinajstić information content (AvgIpc) is 3.70. The summed E-state index contributed by atoms with van der Waals surface area (Å²) in [7, 11) is 1.19. The largest absolute Gasteiger partial charge is 0.756 e. The summed E-state index contributed by atoms with van der Waals surface area (Å²) in [5.74, 6) is -0.531. The number of quaternary nitrogens is 1. The van der Waals surface area contributed by atoms with Crippen LogP contribution in [-0.2, 0) is 27.9 Å². The van der Waals surface area contributed by atoms with Crippen LogP contribution in [0.5, 0.6) is 0 Å². The standard InChI is InChI=1S/C77H143N2O7P/c1-7-10-13-16-19-22-25-27-29-31-33-35-37-39-41-43-45-47-49-51-54-57-60-63-66-69-76(80)78-74(73-85-87(82,83)84-72-71-79(4,5)6)75(68-65-62-59-56-53-24-21-18-15-12-9-3)86-77(81)70-67-64-61-58-55-52-50-48-46-44-42-40-38-36-34-32-30-28-26-23-20-17-14-11-8-2/h19-20,22-23,27-30,33,35,65,68,74-75H,7-18,21,24-26,31-32,34,36-64,66-67,69-73H2,1-6H3,(H-,78,80,82,83)/b22-19-,23-20-,29-27-,30-28-,35-33-,68-65+. The first kappa shape index (κ1) is 84.5. The van der Waals surface area contributed by atoms with Gasteiger partial charge in [0.05, 0.1) is 33.8 Å². The van der Waals surface area contributed by atoms with E-state index >= 15 is 0 Å². The zero-order valence-corrected chi connectivity index (χ0v) is 59.1. The van der Waals surface area contributed by atoms with Crippen molar-refractivity contribution in [3.05, 3.63) is 72.9 Å². The van der Waals surface area contributed by atoms with Gasteiger partial charge in [0.25, 0.3) is 7.82 Å². The van der Waals surface area contributed by atoms with E-state index in [9.17, 15) is 19.0 Å². The van der Waals surface area contributed by atoms with Gasteiger partial charge in [-0.15, -0.1) is 0 Å². The van der Waals surface area contributed by atoms with E-state index < -0.39 is 20.0 Å². The van der Waals surface area contributed by atoms with Crippen molar-refractivity contribution in [3.8, 4) is 0 Å². The molecule has 0 saturated carbocycles. The van der Waals surface area contributed by atoms with Crippen molar-refractivity contribution in [3.63, 3.8) is 0 Å². The van der Waals surface area contributed by atoms with Crippen LogP contribution in [0, 0.1) is 0 Å². The van der Waals surface area contributed by atoms with Crippen molar-refractivity contribution in [2.75, 3.05) is 40.9 Å². The van der Waals surface area contributed by atoms with Gasteiger partial charge in [-0.1, -0.05) is 312 Å². The van der Waals surface area contributed by atoms with E-state index in [0.717, 1.165) is 77.0 Å². The van der Waals surface area contributed by atoms with Crippen LogP contribution in [0.1, 0.15) is 355 Å². The zero-order chi connectivity index (χ0) is 63.5. The fourth-order valence-electron chi connectivity index (χ4n) is 10.9. The molecule has 0 aromatic rings. The number of nitrogens with one attached hydrogen (secondary N) is 1. The lowest BCUT2D eigenvalue weighted by Gasteiger charge is -2.30. The number of amides is 1. The minimum Gasteiger partial charge on any atom is -0.756 e. The molecular weight excluding hydrogens is 1100 g/mol. The molecule has 87 heavy (non-hydrogen) atoms. The normalized spacial score (nSPS) is 13.9. The minimum absolute atomic E-state index is 0.0231. The number of unbranched alkanes of at least 4 members (excludes halogenated alkanes) is 42. The number of esters is 1. The fourth-order valence-corrected chi connectivity index (χ4v) is 11.6. The van der Waals surface area contributed by atoms with Crippen molar-refractivity contribution < 1.29 is 37.3 Å². The van der Waals surface area contributed by atoms with Crippen LogP contribution in [0.3, 0.4) is 0 Å². The Morgan fingerprint density at radius 1 is 0.402 bits per heavy atom. The van der Waals surface area contributed by atoms with Crippen LogP contribution in [0.15, 0.2) is 72.9 Å². The molecule has 0 rings (SSSR count). The zero-order valence-electron chi connectivity index (χ0n) is 58.2. The summed E-state index contributed by atoms with van der Waals surface area (Å²) in [4.78, 5) is 40.2. The van der Waals surface area contributed by atoms with E-state index in [1.165, 1.54) is 244 Å². The molecule has 0 bridgehead atoms. The Hall–Kier alpha value is -2.55. The second-order valence-corrected chi connectivity index (χ2v) is 27.9. The highest BCUT2D eigenvalue weighted by molar-refractivity contribution is 7.45. The van der Waals surface area contributed by atoms with E-state index in [-0.39, 0.29) is 31.5 Å². The lowest BCUT2D eigenvalue weighted by atomic mass is 10.0. The lowest BCUT2D eigenvalue weighted by molar-refractivity contribution is -0.870. The number of rotatable bonds is 68. The van der Waals surface area contributed by atoms with Crippen LogP contribution in [0.4, 0.5) is 0 Å². The van der Waals surface area contributed by atoms with Gasteiger partial charge < -0.3 is 28.5 Å². The van der Waals surface area contributed by atoms with Crippen molar-refractivity contribution in [2.45, 2.75) is 367 Å². The van der Waals surface area contributed by atoms with E-state index in [1.54, 1.807) is 0 Å². The lowest BCUT2D eigenvalue weighted by Crippen LogP contribution is -2.47. The molecule has 508 valence electrons. The molecule has 0 fully saturated rings. The van der Waals surface area contributed by atoms with Gasteiger partial charge in [0.15, 0.2) is 0 Å². The van der Waals surface area contributed by atoms with Gasteiger partial charge in [-0.2, -0.15) is 0 Å². The molecule has 0 aliphatic heterocycles. The molecule has 0 heterocycles. The maximum atomic E-state index is 13.6. The van der Waals surface area contributed by atoms with Crippen molar-refractivity contribution in [2.24, 2.45) is 0 Å². The van der Waals surface area contributed by atoms with Crippen molar-refractivity contribution >= 4 is 19.7 Å². The third-order valence-corrected chi connectivity index (χ3v) is 17.6. The van der Waals surface area contributed by atoms with Crippen molar-refractivity contribution in [1.29, 1.82) is 0 Å². The Morgan fingerprint density at radius 2 is 0.701 bits per heavy atom. The number of phosphoric ester groups is 1. The first-order valence-electron chi connectivity index (χ1n) is 37.2. The molecule has 0 saturated heterocycles. The van der Waals surface area contributed by atoms with E-state index in [0.29, 0.717) is 17.4 Å². The number of hydrogen-bond acceptors (Lipinski definition) is 7. The number of nitrogens with zero attached hydrogens (tertiary/aromatic N) is 1. The van der Waals surface area contributed by atoms with Crippen LogP contribution in [-0.4, -0.2) is 69.4 Å². The Labute approximate surface area is 540 Å². The van der Waals surface area contributed by atoms with Gasteiger partial charge >= 0.3 is 5.97 Å². The second-order valence-electron chi connectivity index (χ2n) is 26.4. The molecule has 1 amide bonds. The Morgan fingerprint density at radius 3 is 1.07 bits per heavy atom. The average molecular weight is 1240 g/mol. The van der Waals surface area contributed by atoms with E-state index in [4.69, 9.17) is 13.8 Å². The molecule has 3 atom stereocenters. The number of phosphoric acid groups is 1. The molecule has 0 aromatic carbocycles. The van der Waals surface area contributed by atoms with Gasteiger partial charge in [0.1, 0.15) is 19.3 Å². The number of carbonyl (C=O) groups is 2. The van der Waals surface area contributed by atoms with Gasteiger partial charge in [-0.25, -0.2) is 0 Å². The third kappa shape index (κ3) is 67.7. The number of carbonyl (C=O) groups excluding carboxylic acids is 2. The smallest absolute Gasteiger partial charge is 0.306 e. The molecule has 0 aromatic heterocycles. The highest BCUT2D eigenvalue weighted by Crippen LogP contribution is 2.38. The molecular formula is C77H143N2O7P. The molecule has 10 heteroatoms. The molecule has 3 unspecified atom stereocenters. The first-order valence-corrected chi connectivity index (χ1v) is 38.7. The second kappa shape index (κ2) is 66.4. The van der Waals surface area contributed by atoms with Gasteiger partial charge in [0.2, 0.25) is 5.91 Å². The predicted octanol–water partition coefficient (Wildman–Crippen LogP) is 23.3. The van der Waals surface area contributed by atoms with Crippen LogP contribution >= 0.6 is 7.82 Å². The summed E-state index contributed by atoms with van der Waals surface area (Å²) >= 11 is 0. The maximum Gasteiger partial charge on any atom is 0.306 e. The summed E-state index contributed by atoms with van der Waals surface area (Å²) < 4.78 is 30.5. The number of ether oxygens (including phenoxy) is 1. The SMILES string of the molecule is CCCCC/C=C\C/C=C\C/C=C\CCCCCCCCCCCCCCC(=O)NC(COP(=O)([O-])OCC[N+](C)(C)C)C(/C=C/CCCCCCCCCCC)OC(=O)CCCCCCCCCCCCCCCCC/C=C\C/C=C\CCCCC. The van der Waals surface area contributed by atoms with Gasteiger partial charge in [-0.3, -0.25) is 14.2 Å². The molecule has 0 aliphatic rings. The predicted molar refractivity (Wildman–Crippen MR) is 376 cm³/mol. The number of likely N-dealkylation sites (N-methyl/N-ethyl adjacent to an activating group) is 1. The maximum absolute atomic E-state index is 13.6. The van der Waals surface area contributed by atoms with Crippen LogP contribution < -0.4 is 10.2 Å². The summed E-state index contributed by atoms with van der Waals surface area (Å²) in [6, 6.07) is -0.891. The fraction of sp³-hybridized carbons (Fsp3) is 0.818. The first-order chi connectivity index (χ1) is 42.4. The summed E-state index contributed by atoms with van der Waals surface area (Å²) in [5.41, 5.74) is 0. The quantitative estimate of drug-likeness (QED) is 0.0212. The molecule has 1 N–H and O–H groups in total. The van der Waals surface area contributed by atoms with Crippen molar-refractivity contribution in [1.82, 2.24) is 5.32 Å². The molecule has 0 aliphatic carbocycles. The van der Waals surface area contributed by atoms with Crippen LogP contribution in [0.25, 0.3) is 0 Å². The molecule has 0 spiro atoms. The number of allylic oxidation sites excluding steroid dienone is 11. The van der Waals surface area contributed by atoms with Crippen LogP contribution in [0.2, 0.25) is 0 Å². The summed E-state index contributed by atoms with van der Waals surface area (Å²) in [6.07, 6.45) is 87.5. The summed E-state index contributed by atoms with van der Waals surface area (Å²) in [5, 5.41) is 3.05. The van der Waals surface area contributed by atoms with Gasteiger partial charge in [0, 0.05) is 12.8 Å². The Bertz CT molecular complexity index is 1720. The van der Waals surface area contributed by atoms with Gasteiger partial charge in [-0.05, 0) is 102 Å². The Kier molecular flexibility index (Phi) is 64.4. The Balaban J connectivity index is 4.95. The minimum atomic E-state index is -4.71. The monoisotopic (exact) mass is 1240 g/mol. The molecule has 0 radical (unpaired) electrons. The third-order valence-electron chi connectivity index (χ3n) is 16.6. The van der Waals surface area contributed by atoms with E-state index in [2.05, 4.69) is 86.8 Å².